The Balaban J connectivity index is 2.29. The number of methoxy groups -OCH3 is 1. The van der Waals surface area contributed by atoms with Gasteiger partial charge in [-0.2, -0.15) is 0 Å². The number of hydrogen-bond acceptors (Lipinski definition) is 3. The van der Waals surface area contributed by atoms with E-state index in [0.29, 0.717) is 13.1 Å². The molecule has 0 spiro atoms. The van der Waals surface area contributed by atoms with Crippen molar-refractivity contribution in [3.05, 3.63) is 65.2 Å². The smallest absolute Gasteiger partial charge is 0.321 e. The Morgan fingerprint density at radius 3 is 2.48 bits per heavy atom. The Kier molecular flexibility index (Phi) is 7.37. The highest BCUT2D eigenvalue weighted by Crippen LogP contribution is 2.19. The quantitative estimate of drug-likeness (QED) is 0.693. The fraction of sp³-hybridized carbons (Fsp3) is 0.333. The van der Waals surface area contributed by atoms with E-state index in [1.807, 2.05) is 56.4 Å². The van der Waals surface area contributed by atoms with E-state index in [1.165, 1.54) is 0 Å². The number of quaternary nitrogens is 1. The molecule has 3 N–H and O–H groups in total. The molecule has 1 unspecified atom stereocenters. The molecule has 0 heterocycles. The maximum absolute atomic E-state index is 12.9. The fourth-order valence-electron chi connectivity index (χ4n) is 3.14. The minimum atomic E-state index is -0.529. The second-order valence-corrected chi connectivity index (χ2v) is 6.53. The number of likely N-dealkylation sites (N-methyl/N-ethyl adjacent to an activating group) is 1. The van der Waals surface area contributed by atoms with Crippen molar-refractivity contribution in [2.45, 2.75) is 26.4 Å². The third-order valence-electron chi connectivity index (χ3n) is 4.37. The van der Waals surface area contributed by atoms with Crippen LogP contribution in [0.25, 0.3) is 0 Å². The lowest BCUT2D eigenvalue weighted by Crippen LogP contribution is -3.09. The summed E-state index contributed by atoms with van der Waals surface area (Å²) in [5.74, 6) is 0.451. The summed E-state index contributed by atoms with van der Waals surface area (Å²) >= 11 is 0. The van der Waals surface area contributed by atoms with Crippen molar-refractivity contribution in [3.8, 4) is 5.75 Å². The van der Waals surface area contributed by atoms with Gasteiger partial charge in [-0.05, 0) is 26.0 Å². The zero-order valence-electron chi connectivity index (χ0n) is 16.3. The van der Waals surface area contributed by atoms with Gasteiger partial charge in [-0.25, -0.2) is 4.79 Å². The summed E-state index contributed by atoms with van der Waals surface area (Å²) in [6.45, 7) is 4.86. The Labute approximate surface area is 160 Å². The molecule has 2 atom stereocenters. The number of nitrogens with one attached hydrogen (secondary N) is 3. The number of aryl methyl sites for hydroxylation is 1. The highest BCUT2D eigenvalue weighted by Gasteiger charge is 2.30. The number of urea groups is 1. The van der Waals surface area contributed by atoms with E-state index in [-0.39, 0.29) is 5.91 Å². The van der Waals surface area contributed by atoms with E-state index in [0.717, 1.165) is 27.3 Å². The molecule has 0 aliphatic heterocycles. The van der Waals surface area contributed by atoms with E-state index in [9.17, 15) is 9.59 Å². The molecule has 0 radical (unpaired) electrons. The lowest BCUT2D eigenvalue weighted by Gasteiger charge is -2.25. The largest absolute Gasteiger partial charge is 0.496 e. The summed E-state index contributed by atoms with van der Waals surface area (Å²) in [4.78, 5) is 25.6. The molecular formula is C21H28N3O3+. The van der Waals surface area contributed by atoms with Crippen LogP contribution in [0, 0.1) is 6.92 Å². The van der Waals surface area contributed by atoms with Gasteiger partial charge in [0, 0.05) is 17.7 Å². The van der Waals surface area contributed by atoms with Crippen LogP contribution in [0.3, 0.4) is 0 Å². The van der Waals surface area contributed by atoms with Crippen molar-refractivity contribution >= 4 is 11.9 Å². The van der Waals surface area contributed by atoms with Gasteiger partial charge < -0.3 is 15.0 Å². The Morgan fingerprint density at radius 2 is 1.85 bits per heavy atom. The summed E-state index contributed by atoms with van der Waals surface area (Å²) in [6, 6.07) is 14.5. The van der Waals surface area contributed by atoms with Crippen LogP contribution >= 0.6 is 0 Å². The molecule has 2 rings (SSSR count). The highest BCUT2D eigenvalue weighted by atomic mass is 16.5. The summed E-state index contributed by atoms with van der Waals surface area (Å²) in [7, 11) is 3.58. The number of ether oxygens (including phenoxy) is 1. The van der Waals surface area contributed by atoms with Gasteiger partial charge in [0.1, 0.15) is 12.3 Å². The minimum Gasteiger partial charge on any atom is -0.496 e. The van der Waals surface area contributed by atoms with Crippen LogP contribution in [0.5, 0.6) is 5.75 Å². The van der Waals surface area contributed by atoms with E-state index in [1.54, 1.807) is 14.0 Å². The SMILES string of the molecule is CCNC(=O)NC(=O)[C@H](c1ccccc1)[NH+](C)Cc1cc(C)ccc1OC. The highest BCUT2D eigenvalue weighted by molar-refractivity contribution is 5.96. The van der Waals surface area contributed by atoms with Crippen molar-refractivity contribution in [2.24, 2.45) is 0 Å². The molecule has 0 bridgehead atoms. The average Bonchev–Trinajstić information content (AvgIpc) is 2.63. The molecule has 0 aliphatic rings. The predicted molar refractivity (Wildman–Crippen MR) is 105 cm³/mol. The van der Waals surface area contributed by atoms with Crippen LogP contribution in [0.1, 0.15) is 29.7 Å². The normalized spacial score (nSPS) is 12.7. The predicted octanol–water partition coefficient (Wildman–Crippen LogP) is 1.61. The van der Waals surface area contributed by atoms with Crippen molar-refractivity contribution < 1.29 is 19.2 Å². The van der Waals surface area contributed by atoms with E-state index >= 15 is 0 Å². The molecule has 3 amide bonds. The number of carbonyl (C=O) groups excluding carboxylic acids is 2. The standard InChI is InChI=1S/C21H27N3O3/c1-5-22-21(26)23-20(25)19(16-9-7-6-8-10-16)24(3)14-17-13-15(2)11-12-18(17)27-4/h6-13,19H,5,14H2,1-4H3,(H2,22,23,25,26)/p+1/t19-/m0/s1. The van der Waals surface area contributed by atoms with Crippen LogP contribution in [0.4, 0.5) is 4.79 Å². The molecule has 6 nitrogen and oxygen atoms in total. The monoisotopic (exact) mass is 370 g/mol. The van der Waals surface area contributed by atoms with Gasteiger partial charge in [-0.3, -0.25) is 10.1 Å². The Bertz CT molecular complexity index is 777. The van der Waals surface area contributed by atoms with E-state index in [2.05, 4.69) is 16.7 Å². The first-order valence-corrected chi connectivity index (χ1v) is 9.05. The second-order valence-electron chi connectivity index (χ2n) is 6.53. The number of amides is 3. The number of rotatable bonds is 7. The van der Waals surface area contributed by atoms with Crippen molar-refractivity contribution in [2.75, 3.05) is 20.7 Å². The summed E-state index contributed by atoms with van der Waals surface area (Å²) in [5.41, 5.74) is 2.99. The maximum Gasteiger partial charge on any atom is 0.321 e. The van der Waals surface area contributed by atoms with Crippen LogP contribution in [-0.2, 0) is 11.3 Å². The van der Waals surface area contributed by atoms with E-state index in [4.69, 9.17) is 4.74 Å². The number of hydrogen-bond donors (Lipinski definition) is 3. The Hall–Kier alpha value is -2.86. The zero-order valence-corrected chi connectivity index (χ0v) is 16.3. The molecule has 0 aromatic heterocycles. The van der Waals surface area contributed by atoms with Gasteiger partial charge in [0.15, 0.2) is 6.04 Å². The number of imide groups is 1. The maximum atomic E-state index is 12.9. The van der Waals surface area contributed by atoms with Gasteiger partial charge in [0.2, 0.25) is 0 Å². The summed E-state index contributed by atoms with van der Waals surface area (Å²) in [5, 5.41) is 5.04. The van der Waals surface area contributed by atoms with Gasteiger partial charge in [0.25, 0.3) is 5.91 Å². The van der Waals surface area contributed by atoms with Crippen LogP contribution in [0.2, 0.25) is 0 Å². The fourth-order valence-corrected chi connectivity index (χ4v) is 3.14. The first-order chi connectivity index (χ1) is 13.0. The lowest BCUT2D eigenvalue weighted by molar-refractivity contribution is -0.916. The van der Waals surface area contributed by atoms with Gasteiger partial charge in [0.05, 0.1) is 14.2 Å². The molecule has 0 saturated heterocycles. The Morgan fingerprint density at radius 1 is 1.15 bits per heavy atom. The number of benzene rings is 2. The van der Waals surface area contributed by atoms with E-state index < -0.39 is 12.1 Å². The average molecular weight is 370 g/mol. The third-order valence-corrected chi connectivity index (χ3v) is 4.37. The molecule has 0 saturated carbocycles. The third kappa shape index (κ3) is 5.56. The molecule has 0 fully saturated rings. The first kappa shape index (κ1) is 20.5. The van der Waals surface area contributed by atoms with Gasteiger partial charge >= 0.3 is 6.03 Å². The molecular weight excluding hydrogens is 342 g/mol. The molecule has 6 heteroatoms. The van der Waals surface area contributed by atoms with Gasteiger partial charge in [-0.15, -0.1) is 0 Å². The topological polar surface area (TPSA) is 71.9 Å². The van der Waals surface area contributed by atoms with Crippen molar-refractivity contribution in [1.82, 2.24) is 10.6 Å². The van der Waals surface area contributed by atoms with Crippen LogP contribution in [0.15, 0.2) is 48.5 Å². The second kappa shape index (κ2) is 9.73. The molecule has 27 heavy (non-hydrogen) atoms. The summed E-state index contributed by atoms with van der Waals surface area (Å²) < 4.78 is 5.47. The first-order valence-electron chi connectivity index (χ1n) is 9.05. The number of carbonyl (C=O) groups is 2. The van der Waals surface area contributed by atoms with Gasteiger partial charge in [-0.1, -0.05) is 42.0 Å². The van der Waals surface area contributed by atoms with Crippen molar-refractivity contribution in [1.29, 1.82) is 0 Å². The van der Waals surface area contributed by atoms with Crippen LogP contribution < -0.4 is 20.3 Å². The zero-order chi connectivity index (χ0) is 19.8. The molecule has 2 aromatic carbocycles. The molecule has 144 valence electrons. The minimum absolute atomic E-state index is 0.337. The van der Waals surface area contributed by atoms with Crippen molar-refractivity contribution in [3.63, 3.8) is 0 Å². The lowest BCUT2D eigenvalue weighted by atomic mass is 10.0. The van der Waals surface area contributed by atoms with Crippen LogP contribution in [-0.4, -0.2) is 32.6 Å². The molecule has 2 aromatic rings. The summed E-state index contributed by atoms with van der Waals surface area (Å²) in [6.07, 6.45) is 0. The molecule has 0 aliphatic carbocycles.